The van der Waals surface area contributed by atoms with Gasteiger partial charge >= 0.3 is 0 Å². The fourth-order valence-electron chi connectivity index (χ4n) is 6.47. The fourth-order valence-corrected chi connectivity index (χ4v) is 6.47. The summed E-state index contributed by atoms with van der Waals surface area (Å²) in [4.78, 5) is 26.1. The van der Waals surface area contributed by atoms with E-state index in [-0.39, 0.29) is 45.1 Å². The minimum Gasteiger partial charge on any atom is -0.291 e. The van der Waals surface area contributed by atoms with Gasteiger partial charge < -0.3 is 0 Å². The molecule has 2 rings (SSSR count). The molecule has 2 nitrogen and oxygen atoms in total. The third-order valence-electron chi connectivity index (χ3n) is 6.09. The quantitative estimate of drug-likeness (QED) is 0.608. The summed E-state index contributed by atoms with van der Waals surface area (Å²) < 4.78 is 0. The van der Waals surface area contributed by atoms with E-state index in [4.69, 9.17) is 0 Å². The van der Waals surface area contributed by atoms with Crippen LogP contribution in [0.1, 0.15) is 93.9 Å². The summed E-state index contributed by atoms with van der Waals surface area (Å²) in [5.74, 6) is -0.308. The highest BCUT2D eigenvalue weighted by Gasteiger charge is 2.46. The van der Waals surface area contributed by atoms with Crippen molar-refractivity contribution in [1.29, 1.82) is 0 Å². The van der Waals surface area contributed by atoms with Gasteiger partial charge in [0.2, 0.25) is 11.6 Å². The van der Waals surface area contributed by atoms with E-state index in [0.29, 0.717) is 0 Å². The van der Waals surface area contributed by atoms with Crippen LogP contribution >= 0.6 is 0 Å². The molecule has 0 spiro atoms. The smallest absolute Gasteiger partial charge is 0.201 e. The third-order valence-corrected chi connectivity index (χ3v) is 6.09. The highest BCUT2D eigenvalue weighted by atomic mass is 16.2. The van der Waals surface area contributed by atoms with Gasteiger partial charge in [-0.2, -0.15) is 0 Å². The Morgan fingerprint density at radius 3 is 0.958 bits per heavy atom. The van der Waals surface area contributed by atoms with Crippen molar-refractivity contribution < 1.29 is 9.59 Å². The molecule has 2 aliphatic carbocycles. The molecule has 2 fully saturated rings. The summed E-state index contributed by atoms with van der Waals surface area (Å²) in [6.45, 7) is 17.9. The number of ketones is 2. The van der Waals surface area contributed by atoms with Crippen LogP contribution in [0.25, 0.3) is 0 Å². The summed E-state index contributed by atoms with van der Waals surface area (Å²) in [7, 11) is 0. The first-order valence-electron chi connectivity index (χ1n) is 9.70. The lowest BCUT2D eigenvalue weighted by Gasteiger charge is -2.46. The number of hydrogen-bond acceptors (Lipinski definition) is 2. The van der Waals surface area contributed by atoms with E-state index in [1.807, 2.05) is 0 Å². The zero-order valence-electron chi connectivity index (χ0n) is 17.2. The second kappa shape index (κ2) is 5.95. The van der Waals surface area contributed by atoms with E-state index in [2.05, 4.69) is 55.4 Å². The van der Waals surface area contributed by atoms with E-state index < -0.39 is 0 Å². The predicted octanol–water partition coefficient (Wildman–Crippen LogP) is 5.83. The van der Waals surface area contributed by atoms with E-state index in [1.54, 1.807) is 0 Å². The van der Waals surface area contributed by atoms with Gasteiger partial charge in [0, 0.05) is 11.8 Å². The third kappa shape index (κ3) is 4.70. The maximum absolute atomic E-state index is 13.0. The van der Waals surface area contributed by atoms with Gasteiger partial charge in [-0.15, -0.1) is 0 Å². The number of rotatable bonds is 3. The molecule has 2 aliphatic rings. The zero-order chi connectivity index (χ0) is 18.6. The van der Waals surface area contributed by atoms with E-state index >= 15 is 0 Å². The molecule has 0 N–H and O–H groups in total. The molecule has 24 heavy (non-hydrogen) atoms. The summed E-state index contributed by atoms with van der Waals surface area (Å²) in [6.07, 6.45) is 5.70. The number of carbonyl (C=O) groups excluding carboxylic acids is 2. The van der Waals surface area contributed by atoms with Crippen LogP contribution in [-0.4, -0.2) is 11.6 Å². The average Bonchev–Trinajstić information content (AvgIpc) is 2.29. The van der Waals surface area contributed by atoms with E-state index in [0.717, 1.165) is 38.5 Å². The van der Waals surface area contributed by atoms with Crippen molar-refractivity contribution in [3.63, 3.8) is 0 Å². The molecule has 0 saturated heterocycles. The standard InChI is InChI=1S/C22H38O2/c1-19(2)9-15(10-20(3,4)13-19)17(23)18(24)16-11-21(5,6)14-22(7,8)12-16/h15-16H,9-14H2,1-8H3. The van der Waals surface area contributed by atoms with Crippen LogP contribution in [0.5, 0.6) is 0 Å². The number of hydrogen-bond donors (Lipinski definition) is 0. The topological polar surface area (TPSA) is 34.1 Å². The molecule has 0 aromatic rings. The Morgan fingerprint density at radius 2 is 0.750 bits per heavy atom. The largest absolute Gasteiger partial charge is 0.291 e. The lowest BCUT2D eigenvalue weighted by molar-refractivity contribution is -0.146. The Labute approximate surface area is 149 Å². The summed E-state index contributed by atoms with van der Waals surface area (Å²) in [6, 6.07) is 0. The Bertz CT molecular complexity index is 442. The summed E-state index contributed by atoms with van der Waals surface area (Å²) in [5, 5.41) is 0. The molecule has 0 aromatic carbocycles. The minimum atomic E-state index is -0.0793. The van der Waals surface area contributed by atoms with Crippen LogP contribution in [-0.2, 0) is 9.59 Å². The molecule has 2 heteroatoms. The molecule has 0 amide bonds. The van der Waals surface area contributed by atoms with Crippen molar-refractivity contribution in [2.45, 2.75) is 93.9 Å². The van der Waals surface area contributed by atoms with Crippen molar-refractivity contribution in [2.75, 3.05) is 0 Å². The second-order valence-corrected chi connectivity index (χ2v) is 11.9. The van der Waals surface area contributed by atoms with Crippen LogP contribution < -0.4 is 0 Å². The molecule has 0 unspecified atom stereocenters. The Hall–Kier alpha value is -0.660. The molecule has 0 atom stereocenters. The van der Waals surface area contributed by atoms with Gasteiger partial charge in [-0.3, -0.25) is 9.59 Å². The van der Waals surface area contributed by atoms with Gasteiger partial charge in [0.15, 0.2) is 0 Å². The van der Waals surface area contributed by atoms with Crippen molar-refractivity contribution in [2.24, 2.45) is 33.5 Å². The van der Waals surface area contributed by atoms with Crippen LogP contribution in [0.3, 0.4) is 0 Å². The molecule has 2 saturated carbocycles. The van der Waals surface area contributed by atoms with Crippen molar-refractivity contribution in [1.82, 2.24) is 0 Å². The molecule has 138 valence electrons. The molecule has 0 heterocycles. The number of Topliss-reactive ketones (excluding diaryl/α,β-unsaturated/α-hetero) is 2. The van der Waals surface area contributed by atoms with Crippen LogP contribution in [0.15, 0.2) is 0 Å². The molecule has 0 aromatic heterocycles. The van der Waals surface area contributed by atoms with Gasteiger partial charge in [0.05, 0.1) is 0 Å². The van der Waals surface area contributed by atoms with Gasteiger partial charge in [-0.1, -0.05) is 55.4 Å². The maximum Gasteiger partial charge on any atom is 0.201 e. The highest BCUT2D eigenvalue weighted by Crippen LogP contribution is 2.51. The number of carbonyl (C=O) groups is 2. The average molecular weight is 335 g/mol. The van der Waals surface area contributed by atoms with E-state index in [1.165, 1.54) is 0 Å². The van der Waals surface area contributed by atoms with Crippen molar-refractivity contribution in [3.8, 4) is 0 Å². The van der Waals surface area contributed by atoms with E-state index in [9.17, 15) is 9.59 Å². The molecular weight excluding hydrogens is 296 g/mol. The lowest BCUT2D eigenvalue weighted by Crippen LogP contribution is -2.44. The molecule has 0 bridgehead atoms. The Kier molecular flexibility index (Phi) is 4.88. The van der Waals surface area contributed by atoms with Gasteiger partial charge in [-0.05, 0) is 60.2 Å². The van der Waals surface area contributed by atoms with Gasteiger partial charge in [0.1, 0.15) is 0 Å². The Balaban J connectivity index is 2.16. The first-order valence-corrected chi connectivity index (χ1v) is 9.70. The highest BCUT2D eigenvalue weighted by molar-refractivity contribution is 6.38. The van der Waals surface area contributed by atoms with Gasteiger partial charge in [-0.25, -0.2) is 0 Å². The van der Waals surface area contributed by atoms with Crippen LogP contribution in [0.2, 0.25) is 0 Å². The normalized spacial score (nSPS) is 29.2. The monoisotopic (exact) mass is 334 g/mol. The lowest BCUT2D eigenvalue weighted by atomic mass is 9.58. The van der Waals surface area contributed by atoms with Crippen molar-refractivity contribution in [3.05, 3.63) is 0 Å². The summed E-state index contributed by atoms with van der Waals surface area (Å²) >= 11 is 0. The first-order chi connectivity index (χ1) is 10.6. The molecule has 0 radical (unpaired) electrons. The molecular formula is C22H38O2. The first kappa shape index (κ1) is 19.7. The summed E-state index contributed by atoms with van der Waals surface area (Å²) in [5.41, 5.74) is 0.585. The maximum atomic E-state index is 13.0. The van der Waals surface area contributed by atoms with Crippen LogP contribution in [0.4, 0.5) is 0 Å². The predicted molar refractivity (Wildman–Crippen MR) is 99.8 cm³/mol. The Morgan fingerprint density at radius 1 is 0.542 bits per heavy atom. The fraction of sp³-hybridized carbons (Fsp3) is 0.909. The van der Waals surface area contributed by atoms with Gasteiger partial charge in [0.25, 0.3) is 0 Å². The van der Waals surface area contributed by atoms with Crippen molar-refractivity contribution >= 4 is 11.6 Å². The second-order valence-electron chi connectivity index (χ2n) is 11.9. The SMILES string of the molecule is CC1(C)CC(C(=O)C(=O)C2CC(C)(C)CC(C)(C)C2)CC(C)(C)C1. The molecule has 0 aliphatic heterocycles. The van der Waals surface area contributed by atoms with Crippen LogP contribution in [0, 0.1) is 33.5 Å². The minimum absolute atomic E-state index is 0.0747. The zero-order valence-corrected chi connectivity index (χ0v) is 17.2.